The van der Waals surface area contributed by atoms with Gasteiger partial charge in [0.1, 0.15) is 54.4 Å². The van der Waals surface area contributed by atoms with E-state index in [0.717, 1.165) is 0 Å². The molecule has 414 valence electrons. The molecule has 0 aliphatic rings. The fourth-order valence-corrected chi connectivity index (χ4v) is 6.63. The van der Waals surface area contributed by atoms with Crippen molar-refractivity contribution in [2.75, 3.05) is 13.2 Å². The fourth-order valence-electron chi connectivity index (χ4n) is 6.63. The van der Waals surface area contributed by atoms with Gasteiger partial charge in [-0.05, 0) is 70.3 Å². The van der Waals surface area contributed by atoms with Gasteiger partial charge in [0.15, 0.2) is 0 Å². The standard InChI is InChI=1S/C43H74N12O18/c1-19(2)14-25(51-39(68)27(16-31(46)59)53-38(67)26(15-20(3)4)52-41(70)29(18-56)55-42(71)34(47)21(5)57)37(66)49-23(9-11-30(45)58)36(65)48-22(8-6-7-13-44)35(64)54-28(17-33(62)63)40(69)50-24(43(72)73)10-12-32(60)61/h19-29,34,56-57H,6-18,44,47H2,1-5H3,(H2,45,58)(H2,46,59)(H,48,65)(H,49,66)(H,50,69)(H,51,68)(H,52,70)(H,53,67)(H,54,64)(H,55,71)(H,60,61)(H,62,63)(H,72,73)/t21-,22+,23+,24+,25+,26+,27+,28+,29+,34+/m1/s1. The van der Waals surface area contributed by atoms with Crippen LogP contribution in [0, 0.1) is 11.8 Å². The van der Waals surface area contributed by atoms with Gasteiger partial charge in [0.05, 0.1) is 25.6 Å². The number of aliphatic carboxylic acids is 3. The molecule has 0 aromatic carbocycles. The van der Waals surface area contributed by atoms with Gasteiger partial charge >= 0.3 is 17.9 Å². The Balaban J connectivity index is 6.75. The minimum Gasteiger partial charge on any atom is -0.481 e. The first-order chi connectivity index (χ1) is 33.9. The minimum atomic E-state index is -1.96. The van der Waals surface area contributed by atoms with Crippen LogP contribution in [0.5, 0.6) is 0 Å². The molecule has 21 N–H and O–H groups in total. The summed E-state index contributed by atoms with van der Waals surface area (Å²) in [7, 11) is 0. The summed E-state index contributed by atoms with van der Waals surface area (Å²) in [5.41, 5.74) is 22.0. The Kier molecular flexibility index (Phi) is 30.3. The summed E-state index contributed by atoms with van der Waals surface area (Å²) in [6.07, 6.45) is -5.62. The molecule has 0 bridgehead atoms. The lowest BCUT2D eigenvalue weighted by Gasteiger charge is -2.28. The van der Waals surface area contributed by atoms with Gasteiger partial charge in [-0.1, -0.05) is 27.7 Å². The van der Waals surface area contributed by atoms with Crippen LogP contribution in [0.25, 0.3) is 0 Å². The summed E-state index contributed by atoms with van der Waals surface area (Å²) in [6.45, 7) is 7.00. The maximum absolute atomic E-state index is 14.0. The summed E-state index contributed by atoms with van der Waals surface area (Å²) in [4.78, 5) is 167. The molecule has 0 spiro atoms. The van der Waals surface area contributed by atoms with E-state index in [-0.39, 0.29) is 50.5 Å². The molecule has 0 unspecified atom stereocenters. The van der Waals surface area contributed by atoms with Crippen molar-refractivity contribution in [3.05, 3.63) is 0 Å². The minimum absolute atomic E-state index is 0.0912. The van der Waals surface area contributed by atoms with Gasteiger partial charge in [0.2, 0.25) is 59.1 Å². The molecule has 0 radical (unpaired) electrons. The normalized spacial score (nSPS) is 15.2. The highest BCUT2D eigenvalue weighted by atomic mass is 16.4. The van der Waals surface area contributed by atoms with Crippen LogP contribution < -0.4 is 65.5 Å². The predicted molar refractivity (Wildman–Crippen MR) is 253 cm³/mol. The van der Waals surface area contributed by atoms with Crippen molar-refractivity contribution >= 4 is 77.0 Å². The van der Waals surface area contributed by atoms with Crippen LogP contribution in [0.2, 0.25) is 0 Å². The number of carbonyl (C=O) groups is 13. The zero-order valence-corrected chi connectivity index (χ0v) is 41.5. The van der Waals surface area contributed by atoms with Gasteiger partial charge in [0.25, 0.3) is 0 Å². The topological polar surface area (TPSA) is 523 Å². The van der Waals surface area contributed by atoms with Gasteiger partial charge in [-0.3, -0.25) is 57.5 Å². The monoisotopic (exact) mass is 1050 g/mol. The van der Waals surface area contributed by atoms with Crippen molar-refractivity contribution in [2.45, 2.75) is 166 Å². The molecule has 30 nitrogen and oxygen atoms in total. The first-order valence-corrected chi connectivity index (χ1v) is 23.3. The van der Waals surface area contributed by atoms with E-state index >= 15 is 0 Å². The Morgan fingerprint density at radius 3 is 1.19 bits per heavy atom. The average molecular weight is 1050 g/mol. The molecule has 0 rings (SSSR count). The highest BCUT2D eigenvalue weighted by Crippen LogP contribution is 2.12. The number of carbonyl (C=O) groups excluding carboxylic acids is 10. The number of rotatable bonds is 37. The maximum atomic E-state index is 14.0. The quantitative estimate of drug-likeness (QED) is 0.0257. The van der Waals surface area contributed by atoms with Crippen LogP contribution in [-0.2, 0) is 62.3 Å². The number of amides is 10. The Hall–Kier alpha value is -7.05. The van der Waals surface area contributed by atoms with Gasteiger partial charge in [-0.2, -0.15) is 0 Å². The Morgan fingerprint density at radius 2 is 0.808 bits per heavy atom. The molecule has 0 fully saturated rings. The lowest BCUT2D eigenvalue weighted by atomic mass is 10.00. The molecule has 0 aliphatic carbocycles. The van der Waals surface area contributed by atoms with Crippen molar-refractivity contribution in [2.24, 2.45) is 34.8 Å². The summed E-state index contributed by atoms with van der Waals surface area (Å²) in [5, 5.41) is 65.6. The predicted octanol–water partition coefficient (Wildman–Crippen LogP) is -6.65. The van der Waals surface area contributed by atoms with Crippen LogP contribution >= 0.6 is 0 Å². The van der Waals surface area contributed by atoms with Gasteiger partial charge in [-0.25, -0.2) is 4.79 Å². The average Bonchev–Trinajstić information content (AvgIpc) is 3.27. The molecule has 0 saturated heterocycles. The Labute approximate surface area is 420 Å². The van der Waals surface area contributed by atoms with Crippen LogP contribution in [0.3, 0.4) is 0 Å². The third-order valence-electron chi connectivity index (χ3n) is 10.5. The first-order valence-electron chi connectivity index (χ1n) is 23.3. The summed E-state index contributed by atoms with van der Waals surface area (Å²) in [6, 6.07) is -15.0. The number of hydrogen-bond donors (Lipinski definition) is 17. The molecule has 0 saturated carbocycles. The SMILES string of the molecule is CC(C)C[C@H](NC(=O)[C@H](CC(N)=O)NC(=O)[C@H](CC(C)C)NC(=O)[C@H](CO)NC(=O)[C@@H](N)[C@@H](C)O)C(=O)N[C@@H](CCC(N)=O)C(=O)N[C@@H](CCCCN)C(=O)N[C@@H](CC(=O)O)C(=O)N[C@@H](CCC(=O)O)C(=O)O. The van der Waals surface area contributed by atoms with Crippen molar-refractivity contribution in [3.63, 3.8) is 0 Å². The van der Waals surface area contributed by atoms with Gasteiger partial charge in [-0.15, -0.1) is 0 Å². The molecular formula is C43H74N12O18. The number of aliphatic hydroxyl groups excluding tert-OH is 2. The van der Waals surface area contributed by atoms with Crippen molar-refractivity contribution in [1.82, 2.24) is 42.5 Å². The summed E-state index contributed by atoms with van der Waals surface area (Å²) >= 11 is 0. The number of carboxylic acid groups (broad SMARTS) is 3. The van der Waals surface area contributed by atoms with E-state index in [1.165, 1.54) is 6.92 Å². The number of aliphatic hydroxyl groups is 2. The summed E-state index contributed by atoms with van der Waals surface area (Å²) in [5.74, 6) is -16.3. The van der Waals surface area contributed by atoms with Crippen molar-refractivity contribution in [3.8, 4) is 0 Å². The molecule has 10 amide bonds. The Bertz CT molecular complexity index is 1950. The van der Waals surface area contributed by atoms with E-state index < -0.39 is 183 Å². The van der Waals surface area contributed by atoms with E-state index in [1.54, 1.807) is 27.7 Å². The van der Waals surface area contributed by atoms with Crippen LogP contribution in [0.15, 0.2) is 0 Å². The highest BCUT2D eigenvalue weighted by Gasteiger charge is 2.36. The van der Waals surface area contributed by atoms with Crippen LogP contribution in [0.1, 0.15) is 105 Å². The number of carboxylic acids is 3. The largest absolute Gasteiger partial charge is 0.481 e. The van der Waals surface area contributed by atoms with E-state index in [0.29, 0.717) is 0 Å². The molecule has 0 aliphatic heterocycles. The van der Waals surface area contributed by atoms with Crippen molar-refractivity contribution < 1.29 is 87.9 Å². The Morgan fingerprint density at radius 1 is 0.438 bits per heavy atom. The smallest absolute Gasteiger partial charge is 0.326 e. The maximum Gasteiger partial charge on any atom is 0.326 e. The zero-order chi connectivity index (χ0) is 56.3. The third-order valence-corrected chi connectivity index (χ3v) is 10.5. The lowest BCUT2D eigenvalue weighted by molar-refractivity contribution is -0.144. The zero-order valence-electron chi connectivity index (χ0n) is 41.5. The second-order valence-corrected chi connectivity index (χ2v) is 18.0. The fraction of sp³-hybridized carbons (Fsp3) is 0.698. The number of hydrogen-bond acceptors (Lipinski definition) is 17. The van der Waals surface area contributed by atoms with E-state index in [9.17, 15) is 82.8 Å². The van der Waals surface area contributed by atoms with Gasteiger partial charge in [0, 0.05) is 12.8 Å². The van der Waals surface area contributed by atoms with E-state index in [2.05, 4.69) is 37.2 Å². The number of nitrogens with one attached hydrogen (secondary N) is 8. The molecule has 73 heavy (non-hydrogen) atoms. The number of primary amides is 2. The lowest BCUT2D eigenvalue weighted by Crippen LogP contribution is -2.61. The molecule has 0 aromatic rings. The first kappa shape index (κ1) is 66.0. The third kappa shape index (κ3) is 26.8. The number of unbranched alkanes of at least 4 members (excludes halogenated alkanes) is 1. The van der Waals surface area contributed by atoms with Crippen LogP contribution in [-0.4, -0.2) is 176 Å². The molecular weight excluding hydrogens is 973 g/mol. The number of nitrogens with two attached hydrogens (primary N) is 4. The van der Waals surface area contributed by atoms with Crippen LogP contribution in [0.4, 0.5) is 0 Å². The molecule has 0 aromatic heterocycles. The second-order valence-electron chi connectivity index (χ2n) is 18.0. The van der Waals surface area contributed by atoms with E-state index in [4.69, 9.17) is 28.0 Å². The van der Waals surface area contributed by atoms with Crippen molar-refractivity contribution in [1.29, 1.82) is 0 Å². The van der Waals surface area contributed by atoms with E-state index in [1.807, 2.05) is 5.32 Å². The molecule has 10 atom stereocenters. The molecule has 0 heterocycles. The second kappa shape index (κ2) is 33.6. The van der Waals surface area contributed by atoms with Gasteiger partial charge < -0.3 is 91.0 Å². The summed E-state index contributed by atoms with van der Waals surface area (Å²) < 4.78 is 0. The molecule has 30 heteroatoms. The highest BCUT2D eigenvalue weighted by molar-refractivity contribution is 5.99.